The minimum Gasteiger partial charge on any atom is -0.350 e. The van der Waals surface area contributed by atoms with E-state index in [2.05, 4.69) is 5.48 Å². The predicted molar refractivity (Wildman–Crippen MR) is 89.0 cm³/mol. The zero-order chi connectivity index (χ0) is 15.7. The maximum atomic E-state index is 12.2. The van der Waals surface area contributed by atoms with Crippen molar-refractivity contribution in [3.05, 3.63) is 32.1 Å². The van der Waals surface area contributed by atoms with Crippen LogP contribution in [-0.4, -0.2) is 18.8 Å². The van der Waals surface area contributed by atoms with Crippen LogP contribution in [0.4, 0.5) is 0 Å². The molecular weight excluding hydrogens is 369 g/mol. The molecule has 4 nitrogen and oxygen atoms in total. The number of halogens is 3. The first-order valence-electron chi connectivity index (χ1n) is 6.71. The van der Waals surface area contributed by atoms with Crippen LogP contribution in [-0.2, 0) is 9.57 Å². The van der Waals surface area contributed by atoms with Crippen molar-refractivity contribution >= 4 is 62.1 Å². The standard InChI is InChI=1S/C14H12Cl3NO3S/c15-7-5-8(16)11-9(6-7)22-13(12(11)17)14(19)18-21-10-3-1-2-4-20-10/h5-6,10H,1-4H2,(H,18,19)/t10-/m1/s1. The Bertz CT molecular complexity index is 713. The Hall–Kier alpha value is -0.560. The SMILES string of the molecule is O=C(NO[C@@H]1CCCCO1)c1sc2cc(Cl)cc(Cl)c2c1Cl. The van der Waals surface area contributed by atoms with Crippen molar-refractivity contribution in [1.82, 2.24) is 5.48 Å². The van der Waals surface area contributed by atoms with Crippen LogP contribution in [0, 0.1) is 0 Å². The number of benzene rings is 1. The molecule has 1 aromatic heterocycles. The van der Waals surface area contributed by atoms with Crippen LogP contribution in [0.25, 0.3) is 10.1 Å². The lowest BCUT2D eigenvalue weighted by Gasteiger charge is -2.21. The second-order valence-corrected chi connectivity index (χ2v) is 7.12. The van der Waals surface area contributed by atoms with E-state index in [1.165, 1.54) is 11.3 Å². The predicted octanol–water partition coefficient (Wildman–Crippen LogP) is 5.05. The molecule has 22 heavy (non-hydrogen) atoms. The number of carbonyl (C=O) groups excluding carboxylic acids is 1. The van der Waals surface area contributed by atoms with Crippen molar-refractivity contribution in [2.24, 2.45) is 0 Å². The summed E-state index contributed by atoms with van der Waals surface area (Å²) in [7, 11) is 0. The Morgan fingerprint density at radius 3 is 2.86 bits per heavy atom. The Labute approximate surface area is 146 Å². The molecule has 0 aliphatic carbocycles. The fraction of sp³-hybridized carbons (Fsp3) is 0.357. The number of carbonyl (C=O) groups is 1. The lowest BCUT2D eigenvalue weighted by molar-refractivity contribution is -0.186. The molecule has 0 spiro atoms. The van der Waals surface area contributed by atoms with Crippen LogP contribution in [0.3, 0.4) is 0 Å². The largest absolute Gasteiger partial charge is 0.350 e. The smallest absolute Gasteiger partial charge is 0.286 e. The monoisotopic (exact) mass is 379 g/mol. The highest BCUT2D eigenvalue weighted by molar-refractivity contribution is 7.21. The Balaban J connectivity index is 1.79. The van der Waals surface area contributed by atoms with E-state index in [1.807, 2.05) is 0 Å². The first-order valence-corrected chi connectivity index (χ1v) is 8.66. The number of hydrogen-bond donors (Lipinski definition) is 1. The number of thiophene rings is 1. The summed E-state index contributed by atoms with van der Waals surface area (Å²) in [5, 5.41) is 1.83. The third-order valence-corrected chi connectivity index (χ3v) is 5.42. The summed E-state index contributed by atoms with van der Waals surface area (Å²) in [6.07, 6.45) is 2.36. The van der Waals surface area contributed by atoms with Crippen LogP contribution >= 0.6 is 46.1 Å². The molecular formula is C14H12Cl3NO3S. The van der Waals surface area contributed by atoms with Gasteiger partial charge in [-0.1, -0.05) is 34.8 Å². The van der Waals surface area contributed by atoms with Gasteiger partial charge < -0.3 is 4.74 Å². The van der Waals surface area contributed by atoms with Crippen LogP contribution < -0.4 is 5.48 Å². The quantitative estimate of drug-likeness (QED) is 0.758. The third kappa shape index (κ3) is 3.35. The summed E-state index contributed by atoms with van der Waals surface area (Å²) >= 11 is 19.6. The first-order chi connectivity index (χ1) is 10.6. The van der Waals surface area contributed by atoms with Gasteiger partial charge in [-0.15, -0.1) is 11.3 Å². The first kappa shape index (κ1) is 16.3. The van der Waals surface area contributed by atoms with Gasteiger partial charge in [-0.3, -0.25) is 4.79 Å². The van der Waals surface area contributed by atoms with E-state index < -0.39 is 12.2 Å². The number of nitrogens with one attached hydrogen (secondary N) is 1. The van der Waals surface area contributed by atoms with Gasteiger partial charge in [0.25, 0.3) is 5.91 Å². The summed E-state index contributed by atoms with van der Waals surface area (Å²) in [4.78, 5) is 17.8. The van der Waals surface area contributed by atoms with Crippen LogP contribution in [0.2, 0.25) is 15.1 Å². The van der Waals surface area contributed by atoms with Crippen molar-refractivity contribution in [3.8, 4) is 0 Å². The molecule has 1 N–H and O–H groups in total. The maximum Gasteiger partial charge on any atom is 0.286 e. The van der Waals surface area contributed by atoms with Gasteiger partial charge in [-0.2, -0.15) is 0 Å². The topological polar surface area (TPSA) is 47.6 Å². The molecule has 0 radical (unpaired) electrons. The van der Waals surface area contributed by atoms with E-state index in [4.69, 9.17) is 44.4 Å². The van der Waals surface area contributed by atoms with E-state index >= 15 is 0 Å². The highest BCUT2D eigenvalue weighted by Crippen LogP contribution is 2.41. The van der Waals surface area contributed by atoms with Gasteiger partial charge in [0.1, 0.15) is 4.88 Å². The average Bonchev–Trinajstić information content (AvgIpc) is 2.83. The Kier molecular flexibility index (Phi) is 5.12. The second kappa shape index (κ2) is 6.91. The fourth-order valence-corrected chi connectivity index (χ4v) is 4.49. The highest BCUT2D eigenvalue weighted by atomic mass is 35.5. The molecule has 1 aromatic carbocycles. The number of hydrogen-bond acceptors (Lipinski definition) is 4. The summed E-state index contributed by atoms with van der Waals surface area (Å²) in [6, 6.07) is 3.32. The van der Waals surface area contributed by atoms with Crippen molar-refractivity contribution < 1.29 is 14.4 Å². The molecule has 0 bridgehead atoms. The molecule has 3 rings (SSSR count). The number of amides is 1. The zero-order valence-corrected chi connectivity index (χ0v) is 14.4. The van der Waals surface area contributed by atoms with E-state index in [0.29, 0.717) is 31.9 Å². The molecule has 0 unspecified atom stereocenters. The maximum absolute atomic E-state index is 12.2. The summed E-state index contributed by atoms with van der Waals surface area (Å²) < 4.78 is 6.13. The lowest BCUT2D eigenvalue weighted by atomic mass is 10.2. The minimum atomic E-state index is -0.424. The van der Waals surface area contributed by atoms with Crippen LogP contribution in [0.1, 0.15) is 28.9 Å². The molecule has 2 aromatic rings. The van der Waals surface area contributed by atoms with E-state index in [0.717, 1.165) is 24.0 Å². The molecule has 1 saturated heterocycles. The highest BCUT2D eigenvalue weighted by Gasteiger charge is 2.21. The second-order valence-electron chi connectivity index (χ2n) is 4.85. The minimum absolute atomic E-state index is 0.298. The molecule has 118 valence electrons. The molecule has 8 heteroatoms. The van der Waals surface area contributed by atoms with Crippen LogP contribution in [0.15, 0.2) is 12.1 Å². The van der Waals surface area contributed by atoms with Crippen molar-refractivity contribution in [2.75, 3.05) is 6.61 Å². The normalized spacial score (nSPS) is 18.6. The van der Waals surface area contributed by atoms with Gasteiger partial charge in [0, 0.05) is 28.1 Å². The third-order valence-electron chi connectivity index (χ3n) is 3.28. The van der Waals surface area contributed by atoms with Crippen molar-refractivity contribution in [3.63, 3.8) is 0 Å². The van der Waals surface area contributed by atoms with Gasteiger partial charge in [0.05, 0.1) is 10.0 Å². The Morgan fingerprint density at radius 2 is 2.14 bits per heavy atom. The Morgan fingerprint density at radius 1 is 1.32 bits per heavy atom. The summed E-state index contributed by atoms with van der Waals surface area (Å²) in [5.41, 5.74) is 2.39. The van der Waals surface area contributed by atoms with E-state index in [1.54, 1.807) is 12.1 Å². The van der Waals surface area contributed by atoms with Gasteiger partial charge in [-0.05, 0) is 25.0 Å². The van der Waals surface area contributed by atoms with Gasteiger partial charge in [0.15, 0.2) is 6.29 Å². The van der Waals surface area contributed by atoms with Gasteiger partial charge in [-0.25, -0.2) is 10.3 Å². The van der Waals surface area contributed by atoms with E-state index in [9.17, 15) is 4.79 Å². The van der Waals surface area contributed by atoms with Crippen LogP contribution in [0.5, 0.6) is 0 Å². The molecule has 1 aliphatic rings. The fourth-order valence-electron chi connectivity index (χ4n) is 2.23. The molecule has 1 aliphatic heterocycles. The summed E-state index contributed by atoms with van der Waals surface area (Å²) in [6.45, 7) is 0.637. The van der Waals surface area contributed by atoms with Crippen molar-refractivity contribution in [2.45, 2.75) is 25.6 Å². The lowest BCUT2D eigenvalue weighted by Crippen LogP contribution is -2.32. The molecule has 1 fully saturated rings. The number of ether oxygens (including phenoxy) is 1. The van der Waals surface area contributed by atoms with E-state index in [-0.39, 0.29) is 0 Å². The van der Waals surface area contributed by atoms with Gasteiger partial charge in [0.2, 0.25) is 0 Å². The van der Waals surface area contributed by atoms with Gasteiger partial charge >= 0.3 is 0 Å². The number of rotatable bonds is 3. The van der Waals surface area contributed by atoms with Crippen molar-refractivity contribution in [1.29, 1.82) is 0 Å². The number of hydroxylamine groups is 1. The average molecular weight is 381 g/mol. The number of fused-ring (bicyclic) bond motifs is 1. The molecule has 2 heterocycles. The molecule has 1 atom stereocenters. The summed E-state index contributed by atoms with van der Waals surface area (Å²) in [5.74, 6) is -0.424. The zero-order valence-electron chi connectivity index (χ0n) is 11.3. The molecule has 0 saturated carbocycles. The molecule has 1 amide bonds.